The maximum absolute atomic E-state index is 12.5. The molecule has 2 heterocycles. The molecule has 0 amide bonds. The fourth-order valence-corrected chi connectivity index (χ4v) is 3.82. The summed E-state index contributed by atoms with van der Waals surface area (Å²) in [6, 6.07) is 6.24. The van der Waals surface area contributed by atoms with Crippen LogP contribution in [0.5, 0.6) is 0 Å². The van der Waals surface area contributed by atoms with Crippen LogP contribution < -0.4 is 9.86 Å². The van der Waals surface area contributed by atoms with Gasteiger partial charge in [0.2, 0.25) is 10.0 Å². The molecule has 0 saturated heterocycles. The molecule has 3 rings (SSSR count). The van der Waals surface area contributed by atoms with Crippen LogP contribution >= 0.6 is 0 Å². The van der Waals surface area contributed by atoms with Gasteiger partial charge in [-0.3, -0.25) is 4.72 Å². The van der Waals surface area contributed by atoms with E-state index in [0.717, 1.165) is 24.3 Å². The molecule has 0 aliphatic rings. The van der Waals surface area contributed by atoms with E-state index < -0.39 is 20.0 Å². The molecule has 0 saturated carbocycles. The molecule has 3 aromatic rings. The van der Waals surface area contributed by atoms with Crippen molar-refractivity contribution < 1.29 is 21.4 Å². The standard InChI is InChI=1S/C14H16N6O5S2/c1-9-7-11(17-25-9)8-20-10(2)14(16-19-20)18-27(23,24)13-5-3-12(4-6-13)26(15,21)22/h3-7,18H,8H2,1-2H3,(H2,15,21,22). The molecule has 144 valence electrons. The Hall–Kier alpha value is -2.77. The summed E-state index contributed by atoms with van der Waals surface area (Å²) in [5.74, 6) is 0.692. The Bertz CT molecular complexity index is 1180. The van der Waals surface area contributed by atoms with Crippen LogP contribution in [-0.2, 0) is 26.6 Å². The topological polar surface area (TPSA) is 163 Å². The minimum Gasteiger partial charge on any atom is -0.361 e. The van der Waals surface area contributed by atoms with E-state index in [4.69, 9.17) is 9.66 Å². The van der Waals surface area contributed by atoms with Crippen molar-refractivity contribution >= 4 is 25.9 Å². The highest BCUT2D eigenvalue weighted by atomic mass is 32.2. The summed E-state index contributed by atoms with van der Waals surface area (Å²) in [6.07, 6.45) is 0. The lowest BCUT2D eigenvalue weighted by atomic mass is 10.3. The number of nitrogens with zero attached hydrogens (tertiary/aromatic N) is 4. The molecule has 0 bridgehead atoms. The first-order chi connectivity index (χ1) is 12.6. The molecule has 0 aliphatic carbocycles. The molecule has 11 nitrogen and oxygen atoms in total. The van der Waals surface area contributed by atoms with E-state index in [0.29, 0.717) is 17.1 Å². The van der Waals surface area contributed by atoms with Gasteiger partial charge in [-0.05, 0) is 38.1 Å². The van der Waals surface area contributed by atoms with E-state index in [1.165, 1.54) is 4.68 Å². The second kappa shape index (κ2) is 6.75. The number of anilines is 1. The van der Waals surface area contributed by atoms with Crippen LogP contribution in [0.15, 0.2) is 44.6 Å². The number of hydrogen-bond acceptors (Lipinski definition) is 8. The lowest BCUT2D eigenvalue weighted by Gasteiger charge is -2.07. The first-order valence-corrected chi connectivity index (χ1v) is 10.6. The van der Waals surface area contributed by atoms with Gasteiger partial charge < -0.3 is 4.52 Å². The highest BCUT2D eigenvalue weighted by Crippen LogP contribution is 2.19. The minimum absolute atomic E-state index is 0.0470. The van der Waals surface area contributed by atoms with Crippen molar-refractivity contribution in [3.63, 3.8) is 0 Å². The molecule has 0 aliphatic heterocycles. The van der Waals surface area contributed by atoms with Gasteiger partial charge in [-0.25, -0.2) is 26.7 Å². The van der Waals surface area contributed by atoms with Gasteiger partial charge in [0.25, 0.3) is 10.0 Å². The number of rotatable bonds is 6. The normalized spacial score (nSPS) is 12.3. The van der Waals surface area contributed by atoms with Crippen molar-refractivity contribution in [1.82, 2.24) is 20.2 Å². The van der Waals surface area contributed by atoms with Crippen molar-refractivity contribution in [2.45, 2.75) is 30.2 Å². The zero-order chi connectivity index (χ0) is 19.8. The van der Waals surface area contributed by atoms with Crippen molar-refractivity contribution in [3.8, 4) is 0 Å². The Kier molecular flexibility index (Phi) is 4.75. The maximum Gasteiger partial charge on any atom is 0.263 e. The van der Waals surface area contributed by atoms with Crippen LogP contribution in [0.4, 0.5) is 5.82 Å². The van der Waals surface area contributed by atoms with Crippen LogP contribution in [-0.4, -0.2) is 37.0 Å². The number of aromatic nitrogens is 4. The van der Waals surface area contributed by atoms with Gasteiger partial charge in [-0.15, -0.1) is 5.10 Å². The summed E-state index contributed by atoms with van der Waals surface area (Å²) in [5.41, 5.74) is 1.09. The first-order valence-electron chi connectivity index (χ1n) is 7.54. The molecule has 0 fully saturated rings. The average Bonchev–Trinajstić information content (AvgIpc) is 3.14. The second-order valence-corrected chi connectivity index (χ2v) is 8.98. The third-order valence-corrected chi connectivity index (χ3v) is 5.95. The van der Waals surface area contributed by atoms with Crippen LogP contribution in [0.1, 0.15) is 17.1 Å². The van der Waals surface area contributed by atoms with Gasteiger partial charge in [0.05, 0.1) is 22.0 Å². The Morgan fingerprint density at radius 1 is 1.11 bits per heavy atom. The predicted octanol–water partition coefficient (Wildman–Crippen LogP) is 0.379. The van der Waals surface area contributed by atoms with Gasteiger partial charge in [0.15, 0.2) is 5.82 Å². The van der Waals surface area contributed by atoms with Crippen LogP contribution in [0.3, 0.4) is 0 Å². The summed E-state index contributed by atoms with van der Waals surface area (Å²) in [5, 5.41) is 16.6. The number of primary sulfonamides is 1. The fraction of sp³-hybridized carbons (Fsp3) is 0.214. The summed E-state index contributed by atoms with van der Waals surface area (Å²) >= 11 is 0. The summed E-state index contributed by atoms with van der Waals surface area (Å²) in [6.45, 7) is 3.67. The summed E-state index contributed by atoms with van der Waals surface area (Å²) < 4.78 is 56.3. The van der Waals surface area contributed by atoms with E-state index in [1.54, 1.807) is 19.9 Å². The van der Waals surface area contributed by atoms with Gasteiger partial charge in [-0.1, -0.05) is 10.4 Å². The van der Waals surface area contributed by atoms with Crippen molar-refractivity contribution in [2.24, 2.45) is 5.14 Å². The van der Waals surface area contributed by atoms with E-state index in [9.17, 15) is 16.8 Å². The lowest BCUT2D eigenvalue weighted by Crippen LogP contribution is -2.16. The zero-order valence-electron chi connectivity index (χ0n) is 14.3. The Morgan fingerprint density at radius 2 is 1.74 bits per heavy atom. The predicted molar refractivity (Wildman–Crippen MR) is 93.7 cm³/mol. The van der Waals surface area contributed by atoms with Gasteiger partial charge in [-0.2, -0.15) is 0 Å². The smallest absolute Gasteiger partial charge is 0.263 e. The third kappa shape index (κ3) is 4.15. The third-order valence-electron chi connectivity index (χ3n) is 3.66. The molecule has 0 atom stereocenters. The average molecular weight is 412 g/mol. The van der Waals surface area contributed by atoms with Crippen molar-refractivity contribution in [2.75, 3.05) is 4.72 Å². The quantitative estimate of drug-likeness (QED) is 0.587. The van der Waals surface area contributed by atoms with Crippen LogP contribution in [0, 0.1) is 13.8 Å². The maximum atomic E-state index is 12.5. The SMILES string of the molecule is Cc1cc(Cn2nnc(NS(=O)(=O)c3ccc(S(N)(=O)=O)cc3)c2C)no1. The van der Waals surface area contributed by atoms with Gasteiger partial charge >= 0.3 is 0 Å². The molecule has 1 aromatic carbocycles. The Balaban J connectivity index is 1.82. The molecular formula is C14H16N6O5S2. The summed E-state index contributed by atoms with van der Waals surface area (Å²) in [4.78, 5) is -0.331. The largest absolute Gasteiger partial charge is 0.361 e. The molecular weight excluding hydrogens is 396 g/mol. The highest BCUT2D eigenvalue weighted by Gasteiger charge is 2.20. The van der Waals surface area contributed by atoms with Crippen LogP contribution in [0.2, 0.25) is 0 Å². The first kappa shape index (κ1) is 19.0. The molecule has 0 unspecified atom stereocenters. The van der Waals surface area contributed by atoms with E-state index in [2.05, 4.69) is 20.2 Å². The van der Waals surface area contributed by atoms with Gasteiger partial charge in [0.1, 0.15) is 11.5 Å². The molecule has 0 radical (unpaired) electrons. The number of nitrogens with one attached hydrogen (secondary N) is 1. The number of benzene rings is 1. The number of hydrogen-bond donors (Lipinski definition) is 2. The van der Waals surface area contributed by atoms with E-state index in [1.807, 2.05) is 0 Å². The van der Waals surface area contributed by atoms with E-state index in [-0.39, 0.29) is 22.2 Å². The molecule has 0 spiro atoms. The van der Waals surface area contributed by atoms with Crippen LogP contribution in [0.25, 0.3) is 0 Å². The monoisotopic (exact) mass is 412 g/mol. The van der Waals surface area contributed by atoms with Crippen molar-refractivity contribution in [3.05, 3.63) is 47.5 Å². The lowest BCUT2D eigenvalue weighted by molar-refractivity contribution is 0.387. The summed E-state index contributed by atoms with van der Waals surface area (Å²) in [7, 11) is -7.90. The molecule has 3 N–H and O–H groups in total. The van der Waals surface area contributed by atoms with E-state index >= 15 is 0 Å². The fourth-order valence-electron chi connectivity index (χ4n) is 2.25. The Labute approximate surface area is 155 Å². The Morgan fingerprint density at radius 3 is 2.30 bits per heavy atom. The minimum atomic E-state index is -3.99. The molecule has 2 aromatic heterocycles. The number of aryl methyl sites for hydroxylation is 1. The molecule has 13 heteroatoms. The van der Waals surface area contributed by atoms with Crippen molar-refractivity contribution in [1.29, 1.82) is 0 Å². The zero-order valence-corrected chi connectivity index (χ0v) is 16.0. The second-order valence-electron chi connectivity index (χ2n) is 5.73. The van der Waals surface area contributed by atoms with Gasteiger partial charge in [0, 0.05) is 6.07 Å². The molecule has 27 heavy (non-hydrogen) atoms. The highest BCUT2D eigenvalue weighted by molar-refractivity contribution is 7.92. The number of sulfonamides is 2. The number of nitrogens with two attached hydrogens (primary N) is 1.